The molecule has 0 aliphatic carbocycles. The van der Waals surface area contributed by atoms with E-state index >= 15 is 0 Å². The van der Waals surface area contributed by atoms with Gasteiger partial charge in [0.15, 0.2) is 0 Å². The van der Waals surface area contributed by atoms with Crippen LogP contribution in [0.3, 0.4) is 0 Å². The van der Waals surface area contributed by atoms with E-state index in [0.717, 1.165) is 30.0 Å². The van der Waals surface area contributed by atoms with Crippen molar-refractivity contribution in [3.8, 4) is 11.3 Å². The predicted octanol–water partition coefficient (Wildman–Crippen LogP) is 3.58. The van der Waals surface area contributed by atoms with Gasteiger partial charge in [-0.1, -0.05) is 0 Å². The topological polar surface area (TPSA) is 57.3 Å². The fourth-order valence-corrected chi connectivity index (χ4v) is 3.83. The number of thiophene rings is 1. The van der Waals surface area contributed by atoms with Gasteiger partial charge in [0, 0.05) is 35.1 Å². The van der Waals surface area contributed by atoms with E-state index in [-0.39, 0.29) is 6.03 Å². The van der Waals surface area contributed by atoms with E-state index in [1.807, 2.05) is 12.1 Å². The maximum atomic E-state index is 12.3. The highest BCUT2D eigenvalue weighted by Gasteiger charge is 2.18. The van der Waals surface area contributed by atoms with Gasteiger partial charge in [0.1, 0.15) is 0 Å². The molecular formula is C18H24N4OS. The van der Waals surface area contributed by atoms with E-state index in [1.54, 1.807) is 17.5 Å². The number of pyridine rings is 1. The summed E-state index contributed by atoms with van der Waals surface area (Å²) >= 11 is 1.68. The molecule has 2 N–H and O–H groups in total. The fourth-order valence-electron chi connectivity index (χ4n) is 3.15. The molecule has 1 fully saturated rings. The molecule has 0 bridgehead atoms. The molecule has 3 rings (SSSR count). The zero-order valence-electron chi connectivity index (χ0n) is 14.2. The third-order valence-corrected chi connectivity index (χ3v) is 5.19. The van der Waals surface area contributed by atoms with Gasteiger partial charge in [-0.15, -0.1) is 11.3 Å². The van der Waals surface area contributed by atoms with E-state index in [1.165, 1.54) is 17.7 Å². The van der Waals surface area contributed by atoms with E-state index in [4.69, 9.17) is 0 Å². The average molecular weight is 344 g/mol. The number of amides is 2. The van der Waals surface area contributed by atoms with Crippen LogP contribution >= 0.6 is 11.3 Å². The lowest BCUT2D eigenvalue weighted by atomic mass is 9.99. The van der Waals surface area contributed by atoms with Gasteiger partial charge in [0.25, 0.3) is 0 Å². The Kier molecular flexibility index (Phi) is 5.48. The van der Waals surface area contributed by atoms with E-state index in [0.29, 0.717) is 12.5 Å². The highest BCUT2D eigenvalue weighted by atomic mass is 32.1. The summed E-state index contributed by atoms with van der Waals surface area (Å²) in [6.07, 6.45) is 4.13. The number of carbonyl (C=O) groups excluding carboxylic acids is 1. The van der Waals surface area contributed by atoms with Crippen molar-refractivity contribution in [2.45, 2.75) is 19.8 Å². The van der Waals surface area contributed by atoms with Crippen molar-refractivity contribution in [1.82, 2.24) is 15.2 Å². The Morgan fingerprint density at radius 1 is 1.50 bits per heavy atom. The van der Waals surface area contributed by atoms with Crippen molar-refractivity contribution in [2.24, 2.45) is 5.92 Å². The van der Waals surface area contributed by atoms with Crippen LogP contribution in [0.5, 0.6) is 0 Å². The lowest BCUT2D eigenvalue weighted by molar-refractivity contribution is 0.204. The van der Waals surface area contributed by atoms with Crippen molar-refractivity contribution in [1.29, 1.82) is 0 Å². The van der Waals surface area contributed by atoms with Crippen LogP contribution in [0.2, 0.25) is 0 Å². The first-order chi connectivity index (χ1) is 11.6. The number of hydrogen-bond donors (Lipinski definition) is 2. The molecule has 24 heavy (non-hydrogen) atoms. The third kappa shape index (κ3) is 4.33. The highest BCUT2D eigenvalue weighted by molar-refractivity contribution is 7.10. The smallest absolute Gasteiger partial charge is 0.319 e. The molecule has 0 radical (unpaired) electrons. The van der Waals surface area contributed by atoms with Crippen molar-refractivity contribution in [3.63, 3.8) is 0 Å². The van der Waals surface area contributed by atoms with Crippen molar-refractivity contribution >= 4 is 23.1 Å². The minimum atomic E-state index is -0.163. The summed E-state index contributed by atoms with van der Waals surface area (Å²) in [5.41, 5.74) is 2.60. The van der Waals surface area contributed by atoms with Crippen molar-refractivity contribution < 1.29 is 4.79 Å². The van der Waals surface area contributed by atoms with Gasteiger partial charge >= 0.3 is 6.03 Å². The molecule has 2 aromatic rings. The number of anilines is 1. The summed E-state index contributed by atoms with van der Waals surface area (Å²) in [6.45, 7) is 4.98. The van der Waals surface area contributed by atoms with Crippen LogP contribution in [0.1, 0.15) is 17.7 Å². The minimum absolute atomic E-state index is 0.163. The Bertz CT molecular complexity index is 700. The maximum absolute atomic E-state index is 12.3. The molecule has 2 amide bonds. The molecule has 0 aromatic carbocycles. The predicted molar refractivity (Wildman–Crippen MR) is 99.5 cm³/mol. The van der Waals surface area contributed by atoms with Gasteiger partial charge in [-0.25, -0.2) is 4.79 Å². The van der Waals surface area contributed by atoms with Crippen LogP contribution in [0.15, 0.2) is 29.8 Å². The Labute approximate surface area is 147 Å². The summed E-state index contributed by atoms with van der Waals surface area (Å²) in [7, 11) is 2.14. The van der Waals surface area contributed by atoms with E-state index in [2.05, 4.69) is 45.9 Å². The molecule has 1 unspecified atom stereocenters. The van der Waals surface area contributed by atoms with Crippen LogP contribution in [-0.2, 0) is 0 Å². The first kappa shape index (κ1) is 16.9. The number of carbonyl (C=O) groups is 1. The van der Waals surface area contributed by atoms with Crippen LogP contribution in [0, 0.1) is 12.8 Å². The summed E-state index contributed by atoms with van der Waals surface area (Å²) in [5.74, 6) is 0.530. The van der Waals surface area contributed by atoms with Gasteiger partial charge in [-0.3, -0.25) is 4.98 Å². The summed E-state index contributed by atoms with van der Waals surface area (Å²) in [4.78, 5) is 20.3. The van der Waals surface area contributed by atoms with Crippen molar-refractivity contribution in [2.75, 3.05) is 32.0 Å². The third-order valence-electron chi connectivity index (χ3n) is 4.33. The quantitative estimate of drug-likeness (QED) is 0.891. The zero-order valence-corrected chi connectivity index (χ0v) is 15.0. The van der Waals surface area contributed by atoms with Crippen LogP contribution in [0.4, 0.5) is 10.5 Å². The summed E-state index contributed by atoms with van der Waals surface area (Å²) < 4.78 is 0. The molecule has 1 saturated heterocycles. The average Bonchev–Trinajstić information content (AvgIpc) is 3.00. The molecule has 0 spiro atoms. The molecule has 1 aliphatic heterocycles. The number of nitrogens with one attached hydrogen (secondary N) is 2. The van der Waals surface area contributed by atoms with Gasteiger partial charge in [-0.05, 0) is 57.5 Å². The molecule has 1 aliphatic rings. The number of urea groups is 1. The standard InChI is InChI=1S/C18H24N4OS/c1-13-9-15(12-24-13)17-16(6-3-7-19-17)21-18(23)20-10-14-5-4-8-22(2)11-14/h3,6-7,9,12,14H,4-5,8,10-11H2,1-2H3,(H2,20,21,23). The second-order valence-electron chi connectivity index (χ2n) is 6.45. The number of likely N-dealkylation sites (tertiary alicyclic amines) is 1. The van der Waals surface area contributed by atoms with Crippen LogP contribution in [-0.4, -0.2) is 42.6 Å². The first-order valence-electron chi connectivity index (χ1n) is 8.36. The number of aromatic nitrogens is 1. The van der Waals surface area contributed by atoms with E-state index < -0.39 is 0 Å². The molecule has 2 aromatic heterocycles. The largest absolute Gasteiger partial charge is 0.338 e. The maximum Gasteiger partial charge on any atom is 0.319 e. The number of hydrogen-bond acceptors (Lipinski definition) is 4. The molecule has 6 heteroatoms. The monoisotopic (exact) mass is 344 g/mol. The van der Waals surface area contributed by atoms with Gasteiger partial charge < -0.3 is 15.5 Å². The normalized spacial score (nSPS) is 18.3. The SMILES string of the molecule is Cc1cc(-c2ncccc2NC(=O)NCC2CCCN(C)C2)cs1. The molecule has 5 nitrogen and oxygen atoms in total. The molecule has 1 atom stereocenters. The second-order valence-corrected chi connectivity index (χ2v) is 7.57. The molecule has 3 heterocycles. The lowest BCUT2D eigenvalue weighted by Crippen LogP contribution is -2.40. The number of piperidine rings is 1. The second kappa shape index (κ2) is 7.77. The molecule has 128 valence electrons. The fraction of sp³-hybridized carbons (Fsp3) is 0.444. The Morgan fingerprint density at radius 3 is 3.12 bits per heavy atom. The lowest BCUT2D eigenvalue weighted by Gasteiger charge is -2.29. The Balaban J connectivity index is 1.60. The Morgan fingerprint density at radius 2 is 2.38 bits per heavy atom. The first-order valence-corrected chi connectivity index (χ1v) is 9.23. The molecular weight excluding hydrogens is 320 g/mol. The summed E-state index contributed by atoms with van der Waals surface area (Å²) in [6, 6.07) is 5.66. The van der Waals surface area contributed by atoms with Gasteiger partial charge in [0.2, 0.25) is 0 Å². The highest BCUT2D eigenvalue weighted by Crippen LogP contribution is 2.29. The van der Waals surface area contributed by atoms with Gasteiger partial charge in [0.05, 0.1) is 11.4 Å². The summed E-state index contributed by atoms with van der Waals surface area (Å²) in [5, 5.41) is 8.02. The number of nitrogens with zero attached hydrogens (tertiary/aromatic N) is 2. The molecule has 0 saturated carbocycles. The van der Waals surface area contributed by atoms with Crippen molar-refractivity contribution in [3.05, 3.63) is 34.7 Å². The van der Waals surface area contributed by atoms with Gasteiger partial charge in [-0.2, -0.15) is 0 Å². The van der Waals surface area contributed by atoms with E-state index in [9.17, 15) is 4.79 Å². The Hall–Kier alpha value is -1.92. The van der Waals surface area contributed by atoms with Crippen LogP contribution < -0.4 is 10.6 Å². The zero-order chi connectivity index (χ0) is 16.9. The minimum Gasteiger partial charge on any atom is -0.338 e. The number of aryl methyl sites for hydroxylation is 1. The number of rotatable bonds is 4. The van der Waals surface area contributed by atoms with Crippen LogP contribution in [0.25, 0.3) is 11.3 Å².